The van der Waals surface area contributed by atoms with Gasteiger partial charge in [0.1, 0.15) is 11.4 Å². The lowest BCUT2D eigenvalue weighted by Crippen LogP contribution is -2.50. The molecule has 2 aromatic rings. The van der Waals surface area contributed by atoms with E-state index in [2.05, 4.69) is 10.3 Å². The number of carboxylic acids is 1. The van der Waals surface area contributed by atoms with Crippen molar-refractivity contribution in [1.82, 2.24) is 14.7 Å². The molecule has 1 saturated heterocycles. The molecule has 102 valence electrons. The highest BCUT2D eigenvalue weighted by atomic mass is 16.4. The number of aromatic carboxylic acids is 1. The zero-order valence-corrected chi connectivity index (χ0v) is 10.2. The Morgan fingerprint density at radius 3 is 2.85 bits per heavy atom. The van der Waals surface area contributed by atoms with Crippen molar-refractivity contribution < 1.29 is 19.5 Å². The number of imide groups is 1. The SMILES string of the molecule is O=C1CCN(c2ccc(C(=O)O)c3nccn23)C(=O)N1. The van der Waals surface area contributed by atoms with E-state index in [0.717, 1.165) is 0 Å². The van der Waals surface area contributed by atoms with E-state index < -0.39 is 12.0 Å². The third-order valence-corrected chi connectivity index (χ3v) is 3.09. The molecular weight excluding hydrogens is 264 g/mol. The Kier molecular flexibility index (Phi) is 2.63. The molecule has 1 aliphatic heterocycles. The van der Waals surface area contributed by atoms with Crippen molar-refractivity contribution in [3.05, 3.63) is 30.1 Å². The van der Waals surface area contributed by atoms with Gasteiger partial charge in [-0.05, 0) is 12.1 Å². The predicted octanol–water partition coefficient (Wildman–Crippen LogP) is 0.479. The topological polar surface area (TPSA) is 104 Å². The van der Waals surface area contributed by atoms with Crippen LogP contribution in [0.15, 0.2) is 24.5 Å². The van der Waals surface area contributed by atoms with Crippen LogP contribution in [0, 0.1) is 0 Å². The van der Waals surface area contributed by atoms with Crippen LogP contribution in [0.2, 0.25) is 0 Å². The Labute approximate surface area is 112 Å². The maximum absolute atomic E-state index is 11.8. The van der Waals surface area contributed by atoms with Crippen molar-refractivity contribution in [3.63, 3.8) is 0 Å². The van der Waals surface area contributed by atoms with Crippen molar-refractivity contribution in [1.29, 1.82) is 0 Å². The van der Waals surface area contributed by atoms with Crippen LogP contribution >= 0.6 is 0 Å². The number of nitrogens with zero attached hydrogens (tertiary/aromatic N) is 3. The van der Waals surface area contributed by atoms with Crippen LogP contribution in [0.25, 0.3) is 5.65 Å². The number of fused-ring (bicyclic) bond motifs is 1. The van der Waals surface area contributed by atoms with Gasteiger partial charge >= 0.3 is 12.0 Å². The molecule has 3 rings (SSSR count). The van der Waals surface area contributed by atoms with Gasteiger partial charge in [0.15, 0.2) is 5.65 Å². The van der Waals surface area contributed by atoms with Crippen LogP contribution in [0.5, 0.6) is 0 Å². The highest BCUT2D eigenvalue weighted by Gasteiger charge is 2.26. The van der Waals surface area contributed by atoms with Crippen LogP contribution in [0.3, 0.4) is 0 Å². The van der Waals surface area contributed by atoms with Crippen LogP contribution in [0.1, 0.15) is 16.8 Å². The third-order valence-electron chi connectivity index (χ3n) is 3.09. The average Bonchev–Trinajstić information content (AvgIpc) is 2.87. The van der Waals surface area contributed by atoms with Crippen molar-refractivity contribution in [3.8, 4) is 0 Å². The van der Waals surface area contributed by atoms with Crippen LogP contribution in [-0.2, 0) is 4.79 Å². The number of carboxylic acid groups (broad SMARTS) is 1. The minimum atomic E-state index is -1.09. The van der Waals surface area contributed by atoms with Gasteiger partial charge in [0.25, 0.3) is 0 Å². The highest BCUT2D eigenvalue weighted by Crippen LogP contribution is 2.21. The molecule has 1 aliphatic rings. The lowest BCUT2D eigenvalue weighted by molar-refractivity contribution is -0.120. The van der Waals surface area contributed by atoms with Gasteiger partial charge in [-0.25, -0.2) is 14.6 Å². The predicted molar refractivity (Wildman–Crippen MR) is 67.7 cm³/mol. The first-order valence-electron chi connectivity index (χ1n) is 5.88. The van der Waals surface area contributed by atoms with E-state index in [1.165, 1.54) is 27.6 Å². The molecule has 8 heteroatoms. The fourth-order valence-corrected chi connectivity index (χ4v) is 2.17. The van der Waals surface area contributed by atoms with Gasteiger partial charge in [0, 0.05) is 25.4 Å². The number of hydrogen-bond donors (Lipinski definition) is 2. The number of amides is 3. The first kappa shape index (κ1) is 12.2. The van der Waals surface area contributed by atoms with E-state index in [0.29, 0.717) is 5.82 Å². The second-order valence-electron chi connectivity index (χ2n) is 4.29. The highest BCUT2D eigenvalue weighted by molar-refractivity contribution is 6.05. The fraction of sp³-hybridized carbons (Fsp3) is 0.167. The average molecular weight is 274 g/mol. The first-order valence-corrected chi connectivity index (χ1v) is 5.88. The van der Waals surface area contributed by atoms with E-state index >= 15 is 0 Å². The maximum Gasteiger partial charge on any atom is 0.339 e. The standard InChI is InChI=1S/C12H10N4O4/c17-8-3-5-16(12(20)14-8)9-2-1-7(11(18)19)10-13-4-6-15(9)10/h1-2,4,6H,3,5H2,(H,18,19)(H,14,17,20). The van der Waals surface area contributed by atoms with Crippen LogP contribution < -0.4 is 10.2 Å². The maximum atomic E-state index is 11.8. The summed E-state index contributed by atoms with van der Waals surface area (Å²) in [5, 5.41) is 11.3. The van der Waals surface area contributed by atoms with E-state index in [9.17, 15) is 14.4 Å². The number of carbonyl (C=O) groups is 3. The Balaban J connectivity index is 2.11. The summed E-state index contributed by atoms with van der Waals surface area (Å²) in [5.74, 6) is -0.950. The van der Waals surface area contributed by atoms with Crippen LogP contribution in [0.4, 0.5) is 10.6 Å². The van der Waals surface area contributed by atoms with E-state index in [1.54, 1.807) is 6.20 Å². The molecule has 2 N–H and O–H groups in total. The van der Waals surface area contributed by atoms with Gasteiger partial charge in [-0.3, -0.25) is 19.4 Å². The third kappa shape index (κ3) is 1.78. The number of hydrogen-bond acceptors (Lipinski definition) is 4. The van der Waals surface area contributed by atoms with Crippen LogP contribution in [-0.4, -0.2) is 38.9 Å². The smallest absolute Gasteiger partial charge is 0.339 e. The molecule has 2 aromatic heterocycles. The van der Waals surface area contributed by atoms with Crippen molar-refractivity contribution in [2.45, 2.75) is 6.42 Å². The summed E-state index contributed by atoms with van der Waals surface area (Å²) in [6, 6.07) is 2.39. The van der Waals surface area contributed by atoms with E-state index in [4.69, 9.17) is 5.11 Å². The lowest BCUT2D eigenvalue weighted by atomic mass is 10.2. The molecule has 8 nitrogen and oxygen atoms in total. The zero-order valence-electron chi connectivity index (χ0n) is 10.2. The quantitative estimate of drug-likeness (QED) is 0.828. The molecule has 0 bridgehead atoms. The number of aromatic nitrogens is 2. The minimum absolute atomic E-state index is 0.0484. The molecule has 20 heavy (non-hydrogen) atoms. The number of nitrogens with one attached hydrogen (secondary N) is 1. The Morgan fingerprint density at radius 2 is 2.15 bits per heavy atom. The van der Waals surface area contributed by atoms with Gasteiger partial charge in [-0.15, -0.1) is 0 Å². The summed E-state index contributed by atoms with van der Waals surface area (Å²) in [6.07, 6.45) is 3.22. The second-order valence-corrected chi connectivity index (χ2v) is 4.29. The molecule has 0 spiro atoms. The summed E-state index contributed by atoms with van der Waals surface area (Å²) in [5.41, 5.74) is 0.298. The molecular formula is C12H10N4O4. The van der Waals surface area contributed by atoms with Gasteiger partial charge in [-0.1, -0.05) is 0 Å². The Morgan fingerprint density at radius 1 is 1.35 bits per heavy atom. The van der Waals surface area contributed by atoms with Gasteiger partial charge in [0.2, 0.25) is 5.91 Å². The summed E-state index contributed by atoms with van der Waals surface area (Å²) in [6.45, 7) is 0.240. The fourth-order valence-electron chi connectivity index (χ4n) is 2.17. The Bertz CT molecular complexity index is 736. The molecule has 0 atom stereocenters. The molecule has 0 unspecified atom stereocenters. The molecule has 1 fully saturated rings. The van der Waals surface area contributed by atoms with Gasteiger partial charge < -0.3 is 5.11 Å². The number of anilines is 1. The van der Waals surface area contributed by atoms with Gasteiger partial charge in [-0.2, -0.15) is 0 Å². The lowest BCUT2D eigenvalue weighted by Gasteiger charge is -2.27. The zero-order chi connectivity index (χ0) is 14.3. The van der Waals surface area contributed by atoms with E-state index in [-0.39, 0.29) is 30.1 Å². The second kappa shape index (κ2) is 4.34. The monoisotopic (exact) mass is 274 g/mol. The number of carbonyl (C=O) groups excluding carboxylic acids is 2. The molecule has 0 radical (unpaired) electrons. The molecule has 0 aromatic carbocycles. The molecule has 3 amide bonds. The minimum Gasteiger partial charge on any atom is -0.478 e. The first-order chi connectivity index (χ1) is 9.58. The number of rotatable bonds is 2. The number of imidazole rings is 1. The molecule has 0 saturated carbocycles. The number of pyridine rings is 1. The summed E-state index contributed by atoms with van der Waals surface area (Å²) >= 11 is 0. The molecule has 3 heterocycles. The van der Waals surface area contributed by atoms with Crippen molar-refractivity contribution in [2.24, 2.45) is 0 Å². The Hall–Kier alpha value is -2.90. The van der Waals surface area contributed by atoms with Crippen molar-refractivity contribution >= 4 is 29.4 Å². The van der Waals surface area contributed by atoms with E-state index in [1.807, 2.05) is 0 Å². The van der Waals surface area contributed by atoms with Crippen molar-refractivity contribution in [2.75, 3.05) is 11.4 Å². The number of urea groups is 1. The normalized spacial score (nSPS) is 15.5. The summed E-state index contributed by atoms with van der Waals surface area (Å²) in [4.78, 5) is 39.5. The summed E-state index contributed by atoms with van der Waals surface area (Å²) < 4.78 is 1.51. The molecule has 0 aliphatic carbocycles. The largest absolute Gasteiger partial charge is 0.478 e. The summed E-state index contributed by atoms with van der Waals surface area (Å²) in [7, 11) is 0. The van der Waals surface area contributed by atoms with Gasteiger partial charge in [0.05, 0.1) is 0 Å².